The third-order valence-electron chi connectivity index (χ3n) is 12.2. The van der Waals surface area contributed by atoms with Gasteiger partial charge in [0, 0.05) is 19.3 Å². The molecule has 6 heteroatoms. The van der Waals surface area contributed by atoms with Crippen molar-refractivity contribution in [2.45, 2.75) is 297 Å². The van der Waals surface area contributed by atoms with E-state index in [-0.39, 0.29) is 31.1 Å². The summed E-state index contributed by atoms with van der Waals surface area (Å²) in [4.78, 5) is 37.8. The van der Waals surface area contributed by atoms with Gasteiger partial charge in [0.15, 0.2) is 6.10 Å². The third kappa shape index (κ3) is 44.0. The Balaban J connectivity index is 4.20. The molecule has 1 unspecified atom stereocenters. The van der Waals surface area contributed by atoms with Gasteiger partial charge in [-0.25, -0.2) is 0 Å². The lowest BCUT2D eigenvalue weighted by Crippen LogP contribution is -2.30. The van der Waals surface area contributed by atoms with Crippen molar-refractivity contribution < 1.29 is 28.6 Å². The van der Waals surface area contributed by atoms with Crippen LogP contribution in [0.3, 0.4) is 0 Å². The Morgan fingerprint density at radius 1 is 0.345 bits per heavy atom. The number of rotatable bonds is 47. The molecule has 344 valence electrons. The van der Waals surface area contributed by atoms with Crippen LogP contribution in [0.5, 0.6) is 0 Å². The van der Waals surface area contributed by atoms with E-state index in [0.29, 0.717) is 19.3 Å². The van der Waals surface area contributed by atoms with Gasteiger partial charge in [-0.05, 0) is 25.2 Å². The number of esters is 3. The highest BCUT2D eigenvalue weighted by atomic mass is 16.6. The second-order valence-corrected chi connectivity index (χ2v) is 18.1. The summed E-state index contributed by atoms with van der Waals surface area (Å²) >= 11 is 0. The van der Waals surface area contributed by atoms with E-state index in [1.807, 2.05) is 0 Å². The Morgan fingerprint density at radius 2 is 0.603 bits per heavy atom. The first-order chi connectivity index (χ1) is 28.4. The smallest absolute Gasteiger partial charge is 0.306 e. The lowest BCUT2D eigenvalue weighted by molar-refractivity contribution is -0.167. The Bertz CT molecular complexity index is 874. The zero-order chi connectivity index (χ0) is 42.4. The SMILES string of the molecule is CCCCCCCCCCCCCCCCCC(=O)OC[C@@H](COC(=O)CCCCCCCCC)OC(=O)CCCCCCCCCCCCCCCCC(C)CC. The Kier molecular flexibility index (Phi) is 45.2. The Labute approximate surface area is 361 Å². The fourth-order valence-electron chi connectivity index (χ4n) is 7.83. The van der Waals surface area contributed by atoms with Crippen molar-refractivity contribution in [1.82, 2.24) is 0 Å². The molecule has 0 aliphatic heterocycles. The van der Waals surface area contributed by atoms with Gasteiger partial charge in [0.1, 0.15) is 13.2 Å². The van der Waals surface area contributed by atoms with Gasteiger partial charge in [-0.3, -0.25) is 14.4 Å². The quantitative estimate of drug-likeness (QED) is 0.0346. The topological polar surface area (TPSA) is 78.9 Å². The predicted molar refractivity (Wildman–Crippen MR) is 247 cm³/mol. The van der Waals surface area contributed by atoms with Gasteiger partial charge in [-0.2, -0.15) is 0 Å². The maximum Gasteiger partial charge on any atom is 0.306 e. The molecule has 0 radical (unpaired) electrons. The van der Waals surface area contributed by atoms with E-state index in [1.54, 1.807) is 0 Å². The molecule has 0 aliphatic rings. The van der Waals surface area contributed by atoms with E-state index in [4.69, 9.17) is 14.2 Å². The lowest BCUT2D eigenvalue weighted by atomic mass is 9.99. The van der Waals surface area contributed by atoms with Gasteiger partial charge in [-0.1, -0.05) is 252 Å². The van der Waals surface area contributed by atoms with Gasteiger partial charge in [-0.15, -0.1) is 0 Å². The number of unbranched alkanes of at least 4 members (excludes halogenated alkanes) is 33. The molecule has 0 aromatic heterocycles. The Morgan fingerprint density at radius 3 is 0.897 bits per heavy atom. The van der Waals surface area contributed by atoms with Gasteiger partial charge in [0.2, 0.25) is 0 Å². The van der Waals surface area contributed by atoms with Gasteiger partial charge in [0.25, 0.3) is 0 Å². The standard InChI is InChI=1S/C52H100O6/c1-5-8-10-12-14-15-16-17-18-22-25-28-32-36-40-44-51(54)57-47-49(46-56-50(53)43-39-35-30-13-11-9-6-2)58-52(55)45-41-37-33-29-26-23-20-19-21-24-27-31-34-38-42-48(4)7-3/h48-49H,5-47H2,1-4H3/t48?,49-/m1/s1. The monoisotopic (exact) mass is 821 g/mol. The van der Waals surface area contributed by atoms with Crippen LogP contribution in [0.1, 0.15) is 291 Å². The molecule has 0 amide bonds. The molecule has 0 saturated carbocycles. The number of ether oxygens (including phenoxy) is 3. The molecule has 0 rings (SSSR count). The van der Waals surface area contributed by atoms with Crippen LogP contribution >= 0.6 is 0 Å². The zero-order valence-corrected chi connectivity index (χ0v) is 39.5. The molecular weight excluding hydrogens is 721 g/mol. The summed E-state index contributed by atoms with van der Waals surface area (Å²) in [6, 6.07) is 0. The molecule has 0 aliphatic carbocycles. The van der Waals surface area contributed by atoms with Crippen LogP contribution in [0.15, 0.2) is 0 Å². The number of carbonyl (C=O) groups is 3. The minimum Gasteiger partial charge on any atom is -0.462 e. The molecule has 0 spiro atoms. The van der Waals surface area contributed by atoms with Crippen LogP contribution in [0.2, 0.25) is 0 Å². The molecule has 0 saturated heterocycles. The zero-order valence-electron chi connectivity index (χ0n) is 39.5. The Hall–Kier alpha value is -1.59. The molecular formula is C52H100O6. The number of hydrogen-bond acceptors (Lipinski definition) is 6. The van der Waals surface area contributed by atoms with Gasteiger partial charge < -0.3 is 14.2 Å². The summed E-state index contributed by atoms with van der Waals surface area (Å²) in [7, 11) is 0. The maximum atomic E-state index is 12.8. The molecule has 0 heterocycles. The van der Waals surface area contributed by atoms with E-state index >= 15 is 0 Å². The largest absolute Gasteiger partial charge is 0.462 e. The van der Waals surface area contributed by atoms with E-state index in [1.165, 1.54) is 186 Å². The molecule has 0 aromatic carbocycles. The van der Waals surface area contributed by atoms with E-state index in [0.717, 1.165) is 63.7 Å². The summed E-state index contributed by atoms with van der Waals surface area (Å²) in [6.45, 7) is 9.03. The first kappa shape index (κ1) is 56.4. The molecule has 58 heavy (non-hydrogen) atoms. The van der Waals surface area contributed by atoms with E-state index in [2.05, 4.69) is 27.7 Å². The second kappa shape index (κ2) is 46.5. The van der Waals surface area contributed by atoms with Crippen LogP contribution < -0.4 is 0 Å². The first-order valence-electron chi connectivity index (χ1n) is 25.9. The first-order valence-corrected chi connectivity index (χ1v) is 25.9. The predicted octanol–water partition coefficient (Wildman–Crippen LogP) is 16.7. The summed E-state index contributed by atoms with van der Waals surface area (Å²) in [5.41, 5.74) is 0. The van der Waals surface area contributed by atoms with Gasteiger partial charge in [0.05, 0.1) is 0 Å². The summed E-state index contributed by atoms with van der Waals surface area (Å²) in [5.74, 6) is 0.0436. The van der Waals surface area contributed by atoms with Crippen LogP contribution in [-0.4, -0.2) is 37.2 Å². The summed E-state index contributed by atoms with van der Waals surface area (Å²) < 4.78 is 16.7. The molecule has 0 N–H and O–H groups in total. The van der Waals surface area contributed by atoms with E-state index in [9.17, 15) is 14.4 Å². The lowest BCUT2D eigenvalue weighted by Gasteiger charge is -2.18. The van der Waals surface area contributed by atoms with Crippen molar-refractivity contribution in [1.29, 1.82) is 0 Å². The normalized spacial score (nSPS) is 12.4. The highest BCUT2D eigenvalue weighted by molar-refractivity contribution is 5.71. The second-order valence-electron chi connectivity index (χ2n) is 18.1. The van der Waals surface area contributed by atoms with Crippen molar-refractivity contribution >= 4 is 17.9 Å². The van der Waals surface area contributed by atoms with Crippen molar-refractivity contribution in [2.75, 3.05) is 13.2 Å². The van der Waals surface area contributed by atoms with Crippen LogP contribution in [0, 0.1) is 5.92 Å². The number of carbonyl (C=O) groups excluding carboxylic acids is 3. The highest BCUT2D eigenvalue weighted by Crippen LogP contribution is 2.18. The number of hydrogen-bond donors (Lipinski definition) is 0. The minimum atomic E-state index is -0.759. The maximum absolute atomic E-state index is 12.8. The van der Waals surface area contributed by atoms with Crippen molar-refractivity contribution in [3.8, 4) is 0 Å². The summed E-state index contributed by atoms with van der Waals surface area (Å²) in [5, 5.41) is 0. The molecule has 0 fully saturated rings. The van der Waals surface area contributed by atoms with Crippen LogP contribution in [-0.2, 0) is 28.6 Å². The molecule has 6 nitrogen and oxygen atoms in total. The van der Waals surface area contributed by atoms with Crippen LogP contribution in [0.25, 0.3) is 0 Å². The molecule has 0 aromatic rings. The average Bonchev–Trinajstić information content (AvgIpc) is 3.22. The fourth-order valence-corrected chi connectivity index (χ4v) is 7.83. The van der Waals surface area contributed by atoms with E-state index < -0.39 is 6.10 Å². The van der Waals surface area contributed by atoms with Crippen molar-refractivity contribution in [3.05, 3.63) is 0 Å². The third-order valence-corrected chi connectivity index (χ3v) is 12.2. The fraction of sp³-hybridized carbons (Fsp3) is 0.942. The minimum absolute atomic E-state index is 0.0631. The summed E-state index contributed by atoms with van der Waals surface area (Å²) in [6.07, 6.45) is 48.1. The van der Waals surface area contributed by atoms with Crippen LogP contribution in [0.4, 0.5) is 0 Å². The molecule has 2 atom stereocenters. The average molecular weight is 821 g/mol. The van der Waals surface area contributed by atoms with Crippen molar-refractivity contribution in [3.63, 3.8) is 0 Å². The highest BCUT2D eigenvalue weighted by Gasteiger charge is 2.19. The van der Waals surface area contributed by atoms with Gasteiger partial charge >= 0.3 is 17.9 Å². The van der Waals surface area contributed by atoms with Crippen molar-refractivity contribution in [2.24, 2.45) is 5.92 Å². The molecule has 0 bridgehead atoms.